The summed E-state index contributed by atoms with van der Waals surface area (Å²) < 4.78 is 5.25. The van der Waals surface area contributed by atoms with Gasteiger partial charge in [-0.15, -0.1) is 0 Å². The van der Waals surface area contributed by atoms with Gasteiger partial charge in [0, 0.05) is 18.2 Å². The standard InChI is InChI=1S/C15H21NO4/c1-9(2)11-5-4-6-16(11)15(19)14-10(3)8-20-12(14)7-13(17)18/h8-9,11H,4-7H2,1-3H3,(H,17,18). The maximum absolute atomic E-state index is 12.7. The van der Waals surface area contributed by atoms with Crippen LogP contribution in [0.25, 0.3) is 0 Å². The molecule has 1 atom stereocenters. The van der Waals surface area contributed by atoms with Crippen LogP contribution in [-0.2, 0) is 11.2 Å². The first-order chi connectivity index (χ1) is 9.41. The molecule has 0 saturated carbocycles. The zero-order valence-corrected chi connectivity index (χ0v) is 12.2. The summed E-state index contributed by atoms with van der Waals surface area (Å²) in [6, 6.07) is 0.231. The molecule has 1 amide bonds. The van der Waals surface area contributed by atoms with Gasteiger partial charge in [0.1, 0.15) is 12.2 Å². The maximum Gasteiger partial charge on any atom is 0.311 e. The molecule has 5 nitrogen and oxygen atoms in total. The second kappa shape index (κ2) is 5.69. The summed E-state index contributed by atoms with van der Waals surface area (Å²) in [5.74, 6) is -0.426. The number of furan rings is 1. The van der Waals surface area contributed by atoms with Crippen LogP contribution in [0, 0.1) is 12.8 Å². The average Bonchev–Trinajstić information content (AvgIpc) is 2.95. The number of carbonyl (C=O) groups is 2. The third-order valence-electron chi connectivity index (χ3n) is 3.91. The van der Waals surface area contributed by atoms with E-state index < -0.39 is 5.97 Å². The Morgan fingerprint density at radius 2 is 2.20 bits per heavy atom. The summed E-state index contributed by atoms with van der Waals surface area (Å²) in [7, 11) is 0. The van der Waals surface area contributed by atoms with Gasteiger partial charge in [0.05, 0.1) is 11.8 Å². The van der Waals surface area contributed by atoms with E-state index in [2.05, 4.69) is 13.8 Å². The quantitative estimate of drug-likeness (QED) is 0.919. The number of carbonyl (C=O) groups excluding carboxylic acids is 1. The van der Waals surface area contributed by atoms with Crippen molar-refractivity contribution in [3.8, 4) is 0 Å². The molecule has 1 N–H and O–H groups in total. The molecule has 5 heteroatoms. The average molecular weight is 279 g/mol. The van der Waals surface area contributed by atoms with Crippen LogP contribution in [0.4, 0.5) is 0 Å². The highest BCUT2D eigenvalue weighted by molar-refractivity contribution is 5.97. The molecule has 2 heterocycles. The van der Waals surface area contributed by atoms with Gasteiger partial charge in [-0.05, 0) is 25.7 Å². The fourth-order valence-electron chi connectivity index (χ4n) is 2.93. The van der Waals surface area contributed by atoms with Gasteiger partial charge >= 0.3 is 5.97 Å². The number of nitrogens with zero attached hydrogens (tertiary/aromatic N) is 1. The van der Waals surface area contributed by atoms with Gasteiger partial charge < -0.3 is 14.4 Å². The van der Waals surface area contributed by atoms with E-state index in [9.17, 15) is 9.59 Å². The van der Waals surface area contributed by atoms with Crippen LogP contribution in [0.2, 0.25) is 0 Å². The number of hydrogen-bond donors (Lipinski definition) is 1. The molecule has 0 bridgehead atoms. The summed E-state index contributed by atoms with van der Waals surface area (Å²) in [5, 5.41) is 8.90. The minimum absolute atomic E-state index is 0.0938. The lowest BCUT2D eigenvalue weighted by molar-refractivity contribution is -0.136. The molecule has 1 aliphatic rings. The van der Waals surface area contributed by atoms with E-state index in [-0.39, 0.29) is 24.1 Å². The van der Waals surface area contributed by atoms with Gasteiger partial charge in [0.25, 0.3) is 5.91 Å². The Morgan fingerprint density at radius 3 is 2.80 bits per heavy atom. The molecule has 1 aromatic rings. The Balaban J connectivity index is 2.29. The first kappa shape index (κ1) is 14.6. The number of aryl methyl sites for hydroxylation is 1. The van der Waals surface area contributed by atoms with Crippen molar-refractivity contribution in [2.45, 2.75) is 46.1 Å². The molecule has 1 saturated heterocycles. The zero-order chi connectivity index (χ0) is 14.9. The van der Waals surface area contributed by atoms with E-state index in [0.29, 0.717) is 17.0 Å². The van der Waals surface area contributed by atoms with Crippen LogP contribution < -0.4 is 0 Å². The number of carboxylic acid groups (broad SMARTS) is 1. The van der Waals surface area contributed by atoms with Crippen molar-refractivity contribution in [2.75, 3.05) is 6.54 Å². The Morgan fingerprint density at radius 1 is 1.50 bits per heavy atom. The minimum Gasteiger partial charge on any atom is -0.481 e. The summed E-state index contributed by atoms with van der Waals surface area (Å²) in [6.07, 6.45) is 3.22. The zero-order valence-electron chi connectivity index (χ0n) is 12.2. The second-order valence-electron chi connectivity index (χ2n) is 5.74. The summed E-state index contributed by atoms with van der Waals surface area (Å²) >= 11 is 0. The lowest BCUT2D eigenvalue weighted by atomic mass is 10.0. The SMILES string of the molecule is Cc1coc(CC(=O)O)c1C(=O)N1CCCC1C(C)C. The van der Waals surface area contributed by atoms with Gasteiger partial charge in [-0.25, -0.2) is 0 Å². The molecular weight excluding hydrogens is 258 g/mol. The molecule has 20 heavy (non-hydrogen) atoms. The van der Waals surface area contributed by atoms with Gasteiger partial charge in [-0.1, -0.05) is 13.8 Å². The highest BCUT2D eigenvalue weighted by Gasteiger charge is 2.34. The third-order valence-corrected chi connectivity index (χ3v) is 3.91. The lowest BCUT2D eigenvalue weighted by Crippen LogP contribution is -2.39. The van der Waals surface area contributed by atoms with Crippen LogP contribution in [0.5, 0.6) is 0 Å². The van der Waals surface area contributed by atoms with Gasteiger partial charge in [0.15, 0.2) is 0 Å². The third kappa shape index (κ3) is 2.71. The molecule has 0 aromatic carbocycles. The number of likely N-dealkylation sites (tertiary alicyclic amines) is 1. The molecule has 2 rings (SSSR count). The number of rotatable bonds is 4. The van der Waals surface area contributed by atoms with Crippen molar-refractivity contribution in [3.05, 3.63) is 23.2 Å². The Bertz CT molecular complexity index is 518. The highest BCUT2D eigenvalue weighted by atomic mass is 16.4. The van der Waals surface area contributed by atoms with E-state index in [4.69, 9.17) is 9.52 Å². The summed E-state index contributed by atoms with van der Waals surface area (Å²) in [4.78, 5) is 25.4. The predicted octanol–water partition coefficient (Wildman–Crippen LogP) is 2.48. The maximum atomic E-state index is 12.7. The Kier molecular flexibility index (Phi) is 4.16. The molecule has 110 valence electrons. The largest absolute Gasteiger partial charge is 0.481 e. The fourth-order valence-corrected chi connectivity index (χ4v) is 2.93. The van der Waals surface area contributed by atoms with Crippen molar-refractivity contribution in [2.24, 2.45) is 5.92 Å². The molecule has 1 unspecified atom stereocenters. The van der Waals surface area contributed by atoms with Crippen LogP contribution >= 0.6 is 0 Å². The molecule has 1 aliphatic heterocycles. The van der Waals surface area contributed by atoms with Crippen molar-refractivity contribution in [1.82, 2.24) is 4.90 Å². The highest BCUT2D eigenvalue weighted by Crippen LogP contribution is 2.28. The molecule has 1 fully saturated rings. The molecular formula is C15H21NO4. The predicted molar refractivity (Wildman–Crippen MR) is 73.7 cm³/mol. The molecule has 0 aliphatic carbocycles. The Hall–Kier alpha value is -1.78. The number of carboxylic acids is 1. The van der Waals surface area contributed by atoms with Gasteiger partial charge in [0.2, 0.25) is 0 Å². The van der Waals surface area contributed by atoms with Gasteiger partial charge in [-0.2, -0.15) is 0 Å². The summed E-state index contributed by atoms with van der Waals surface area (Å²) in [5.41, 5.74) is 1.14. The molecule has 1 aromatic heterocycles. The van der Waals surface area contributed by atoms with Crippen LogP contribution in [0.15, 0.2) is 10.7 Å². The monoisotopic (exact) mass is 279 g/mol. The van der Waals surface area contributed by atoms with Crippen LogP contribution in [0.3, 0.4) is 0 Å². The smallest absolute Gasteiger partial charge is 0.311 e. The minimum atomic E-state index is -0.991. The van der Waals surface area contributed by atoms with E-state index in [1.807, 2.05) is 4.90 Å². The van der Waals surface area contributed by atoms with Crippen LogP contribution in [-0.4, -0.2) is 34.5 Å². The second-order valence-corrected chi connectivity index (χ2v) is 5.74. The van der Waals surface area contributed by atoms with Crippen molar-refractivity contribution in [3.63, 3.8) is 0 Å². The van der Waals surface area contributed by atoms with Crippen molar-refractivity contribution in [1.29, 1.82) is 0 Å². The number of hydrogen-bond acceptors (Lipinski definition) is 3. The first-order valence-corrected chi connectivity index (χ1v) is 7.01. The topological polar surface area (TPSA) is 70.7 Å². The normalized spacial score (nSPS) is 18.8. The van der Waals surface area contributed by atoms with Gasteiger partial charge in [-0.3, -0.25) is 9.59 Å². The Labute approximate surface area is 118 Å². The first-order valence-electron chi connectivity index (χ1n) is 7.01. The number of aliphatic carboxylic acids is 1. The van der Waals surface area contributed by atoms with Crippen molar-refractivity contribution < 1.29 is 19.1 Å². The van der Waals surface area contributed by atoms with Crippen molar-refractivity contribution >= 4 is 11.9 Å². The number of amides is 1. The van der Waals surface area contributed by atoms with E-state index in [0.717, 1.165) is 19.4 Å². The van der Waals surface area contributed by atoms with E-state index in [1.54, 1.807) is 6.92 Å². The summed E-state index contributed by atoms with van der Waals surface area (Å²) in [6.45, 7) is 6.73. The lowest BCUT2D eigenvalue weighted by Gasteiger charge is -2.27. The molecule has 0 spiro atoms. The van der Waals surface area contributed by atoms with E-state index in [1.165, 1.54) is 6.26 Å². The van der Waals surface area contributed by atoms with Crippen LogP contribution in [0.1, 0.15) is 48.4 Å². The molecule has 0 radical (unpaired) electrons. The van der Waals surface area contributed by atoms with E-state index >= 15 is 0 Å². The fraction of sp³-hybridized carbons (Fsp3) is 0.600.